The van der Waals surface area contributed by atoms with E-state index in [1.54, 1.807) is 0 Å². The van der Waals surface area contributed by atoms with E-state index in [9.17, 15) is 19.3 Å². The minimum atomic E-state index is -0.854. The molecule has 0 atom stereocenters. The summed E-state index contributed by atoms with van der Waals surface area (Å²) in [6.07, 6.45) is 1.15. The van der Waals surface area contributed by atoms with Crippen LogP contribution in [0.1, 0.15) is 10.4 Å². The van der Waals surface area contributed by atoms with Gasteiger partial charge in [-0.05, 0) is 24.3 Å². The number of benzene rings is 1. The highest BCUT2D eigenvalue weighted by molar-refractivity contribution is 9.10. The van der Waals surface area contributed by atoms with Gasteiger partial charge in [-0.15, -0.1) is 0 Å². The van der Waals surface area contributed by atoms with Crippen LogP contribution >= 0.6 is 27.5 Å². The van der Waals surface area contributed by atoms with Crippen LogP contribution in [0.15, 0.2) is 34.9 Å². The molecule has 0 aliphatic carbocycles. The molecule has 1 heterocycles. The molecule has 0 unspecified atom stereocenters. The average Bonchev–Trinajstić information content (AvgIpc) is 2.41. The van der Waals surface area contributed by atoms with E-state index in [0.29, 0.717) is 4.47 Å². The molecule has 1 amide bonds. The second kappa shape index (κ2) is 6.15. The maximum absolute atomic E-state index is 13.6. The van der Waals surface area contributed by atoms with E-state index in [4.69, 9.17) is 11.6 Å². The van der Waals surface area contributed by atoms with Crippen molar-refractivity contribution in [1.82, 2.24) is 4.98 Å². The molecule has 2 rings (SSSR count). The summed E-state index contributed by atoms with van der Waals surface area (Å²) in [6.45, 7) is 0. The predicted molar refractivity (Wildman–Crippen MR) is 78.0 cm³/mol. The molecule has 0 spiro atoms. The summed E-state index contributed by atoms with van der Waals surface area (Å²) in [5.41, 5.74) is -1.04. The molecule has 0 radical (unpaired) electrons. The van der Waals surface area contributed by atoms with Crippen molar-refractivity contribution in [2.75, 3.05) is 5.32 Å². The van der Waals surface area contributed by atoms with Crippen molar-refractivity contribution in [1.29, 1.82) is 0 Å². The maximum atomic E-state index is 13.6. The smallest absolute Gasteiger partial charge is 0.319 e. The van der Waals surface area contributed by atoms with Gasteiger partial charge in [-0.2, -0.15) is 0 Å². The number of aromatic nitrogens is 1. The fourth-order valence-corrected chi connectivity index (χ4v) is 2.13. The SMILES string of the molecule is O=C(Nc1ccc(Br)cc1F)c1ccnc(Cl)c1[N+](=O)[O-]. The highest BCUT2D eigenvalue weighted by Gasteiger charge is 2.25. The Kier molecular flexibility index (Phi) is 4.49. The van der Waals surface area contributed by atoms with Crippen molar-refractivity contribution < 1.29 is 14.1 Å². The van der Waals surface area contributed by atoms with Gasteiger partial charge in [0.2, 0.25) is 5.15 Å². The van der Waals surface area contributed by atoms with Crippen LogP contribution in [0.3, 0.4) is 0 Å². The van der Waals surface area contributed by atoms with Crippen LogP contribution < -0.4 is 5.32 Å². The molecule has 6 nitrogen and oxygen atoms in total. The molecule has 0 fully saturated rings. The van der Waals surface area contributed by atoms with Crippen molar-refractivity contribution in [3.05, 3.63) is 61.6 Å². The Bertz CT molecular complexity index is 742. The van der Waals surface area contributed by atoms with E-state index in [-0.39, 0.29) is 11.3 Å². The van der Waals surface area contributed by atoms with Crippen LogP contribution in [0.5, 0.6) is 0 Å². The number of halogens is 3. The van der Waals surface area contributed by atoms with E-state index in [1.165, 1.54) is 12.1 Å². The Hall–Kier alpha value is -2.06. The van der Waals surface area contributed by atoms with Gasteiger partial charge in [0.05, 0.1) is 10.6 Å². The van der Waals surface area contributed by atoms with Crippen LogP contribution in [0.25, 0.3) is 0 Å². The van der Waals surface area contributed by atoms with Crippen molar-refractivity contribution in [2.45, 2.75) is 0 Å². The van der Waals surface area contributed by atoms with Gasteiger partial charge in [-0.1, -0.05) is 27.5 Å². The molecule has 0 aliphatic rings. The molecular formula is C12H6BrClFN3O3. The van der Waals surface area contributed by atoms with E-state index in [0.717, 1.165) is 18.3 Å². The fourth-order valence-electron chi connectivity index (χ4n) is 1.57. The van der Waals surface area contributed by atoms with Crippen LogP contribution in [0.4, 0.5) is 15.8 Å². The molecule has 1 aromatic carbocycles. The number of pyridine rings is 1. The maximum Gasteiger partial charge on any atom is 0.319 e. The third-order valence-corrected chi connectivity index (χ3v) is 3.26. The van der Waals surface area contributed by atoms with Crippen molar-refractivity contribution in [3.8, 4) is 0 Å². The molecule has 0 aliphatic heterocycles. The van der Waals surface area contributed by atoms with Gasteiger partial charge in [0.25, 0.3) is 5.91 Å². The average molecular weight is 375 g/mol. The summed E-state index contributed by atoms with van der Waals surface area (Å²) >= 11 is 8.69. The van der Waals surface area contributed by atoms with E-state index < -0.39 is 27.5 Å². The van der Waals surface area contributed by atoms with Gasteiger partial charge in [0.1, 0.15) is 11.4 Å². The van der Waals surface area contributed by atoms with E-state index in [2.05, 4.69) is 26.2 Å². The minimum Gasteiger partial charge on any atom is -0.319 e. The normalized spacial score (nSPS) is 10.2. The quantitative estimate of drug-likeness (QED) is 0.503. The Labute approximate surface area is 131 Å². The second-order valence-corrected chi connectivity index (χ2v) is 5.11. The first kappa shape index (κ1) is 15.3. The first-order chi connectivity index (χ1) is 9.90. The highest BCUT2D eigenvalue weighted by Crippen LogP contribution is 2.27. The molecule has 0 saturated heterocycles. The lowest BCUT2D eigenvalue weighted by Gasteiger charge is -2.07. The number of amides is 1. The number of carbonyl (C=O) groups is 1. The molecule has 1 N–H and O–H groups in total. The van der Waals surface area contributed by atoms with Crippen LogP contribution in [-0.4, -0.2) is 15.8 Å². The Morgan fingerprint density at radius 1 is 1.43 bits per heavy atom. The molecule has 0 saturated carbocycles. The lowest BCUT2D eigenvalue weighted by molar-refractivity contribution is -0.385. The standard InChI is InChI=1S/C12H6BrClFN3O3/c13-6-1-2-9(8(15)5-6)17-12(19)7-3-4-16-11(14)10(7)18(20)21/h1-5H,(H,17,19). The molecule has 1 aromatic heterocycles. The first-order valence-electron chi connectivity index (χ1n) is 5.45. The Morgan fingerprint density at radius 3 is 2.76 bits per heavy atom. The Balaban J connectivity index is 2.37. The van der Waals surface area contributed by atoms with Gasteiger partial charge >= 0.3 is 5.69 Å². The molecule has 0 bridgehead atoms. The van der Waals surface area contributed by atoms with Gasteiger partial charge < -0.3 is 5.32 Å². The summed E-state index contributed by atoms with van der Waals surface area (Å²) in [5, 5.41) is 12.8. The van der Waals surface area contributed by atoms with E-state index in [1.807, 2.05) is 0 Å². The van der Waals surface area contributed by atoms with Gasteiger partial charge in [-0.3, -0.25) is 14.9 Å². The zero-order chi connectivity index (χ0) is 15.6. The number of carbonyl (C=O) groups excluding carboxylic acids is 1. The summed E-state index contributed by atoms with van der Waals surface area (Å²) in [6, 6.07) is 5.14. The summed E-state index contributed by atoms with van der Waals surface area (Å²) in [7, 11) is 0. The minimum absolute atomic E-state index is 0.106. The Morgan fingerprint density at radius 2 is 2.14 bits per heavy atom. The molecule has 21 heavy (non-hydrogen) atoms. The number of nitrogens with one attached hydrogen (secondary N) is 1. The zero-order valence-electron chi connectivity index (χ0n) is 10.1. The van der Waals surface area contributed by atoms with Crippen LogP contribution in [-0.2, 0) is 0 Å². The highest BCUT2D eigenvalue weighted by atomic mass is 79.9. The number of nitrogens with zero attached hydrogens (tertiary/aromatic N) is 2. The van der Waals surface area contributed by atoms with Gasteiger partial charge in [0, 0.05) is 10.7 Å². The summed E-state index contributed by atoms with van der Waals surface area (Å²) in [4.78, 5) is 25.7. The third kappa shape index (κ3) is 3.34. The summed E-state index contributed by atoms with van der Waals surface area (Å²) in [5.74, 6) is -1.53. The van der Waals surface area contributed by atoms with Gasteiger partial charge in [-0.25, -0.2) is 9.37 Å². The van der Waals surface area contributed by atoms with Crippen LogP contribution in [0, 0.1) is 15.9 Å². The monoisotopic (exact) mass is 373 g/mol. The number of nitro groups is 1. The molecular weight excluding hydrogens is 369 g/mol. The molecule has 108 valence electrons. The number of hydrogen-bond donors (Lipinski definition) is 1. The second-order valence-electron chi connectivity index (χ2n) is 3.83. The van der Waals surface area contributed by atoms with Crippen LogP contribution in [0.2, 0.25) is 5.15 Å². The lowest BCUT2D eigenvalue weighted by atomic mass is 10.2. The number of rotatable bonds is 3. The number of hydrogen-bond acceptors (Lipinski definition) is 4. The molecule has 2 aromatic rings. The first-order valence-corrected chi connectivity index (χ1v) is 6.62. The van der Waals surface area contributed by atoms with Crippen molar-refractivity contribution in [2.24, 2.45) is 0 Å². The zero-order valence-corrected chi connectivity index (χ0v) is 12.5. The number of anilines is 1. The summed E-state index contributed by atoms with van der Waals surface area (Å²) < 4.78 is 14.1. The van der Waals surface area contributed by atoms with Gasteiger partial charge in [0.15, 0.2) is 0 Å². The lowest BCUT2D eigenvalue weighted by Crippen LogP contribution is -2.15. The topological polar surface area (TPSA) is 85.1 Å². The third-order valence-electron chi connectivity index (χ3n) is 2.49. The fraction of sp³-hybridized carbons (Fsp3) is 0. The van der Waals surface area contributed by atoms with Crippen molar-refractivity contribution in [3.63, 3.8) is 0 Å². The predicted octanol–water partition coefficient (Wildman–Crippen LogP) is 3.80. The van der Waals surface area contributed by atoms with E-state index >= 15 is 0 Å². The van der Waals surface area contributed by atoms with Crippen molar-refractivity contribution >= 4 is 44.8 Å². The molecule has 9 heteroatoms. The largest absolute Gasteiger partial charge is 0.319 e.